The predicted octanol–water partition coefficient (Wildman–Crippen LogP) is 3.93. The highest BCUT2D eigenvalue weighted by Gasteiger charge is 2.23. The first-order valence-corrected chi connectivity index (χ1v) is 9.02. The molecule has 1 aromatic carbocycles. The van der Waals surface area contributed by atoms with Crippen molar-refractivity contribution in [3.63, 3.8) is 0 Å². The lowest BCUT2D eigenvalue weighted by molar-refractivity contribution is 0.200. The third-order valence-corrected chi connectivity index (χ3v) is 4.92. The Morgan fingerprint density at radius 1 is 1.29 bits per heavy atom. The first-order chi connectivity index (χ1) is 11.8. The van der Waals surface area contributed by atoms with E-state index in [1.54, 1.807) is 0 Å². The number of hydrogen-bond donors (Lipinski definition) is 0. The highest BCUT2D eigenvalue weighted by molar-refractivity contribution is 5.32. The van der Waals surface area contributed by atoms with Gasteiger partial charge in [0.25, 0.3) is 0 Å². The molecule has 0 radical (unpaired) electrons. The zero-order chi connectivity index (χ0) is 16.8. The van der Waals surface area contributed by atoms with Crippen molar-refractivity contribution in [1.29, 1.82) is 5.26 Å². The first kappa shape index (κ1) is 16.7. The predicted molar refractivity (Wildman–Crippen MR) is 95.5 cm³/mol. The van der Waals surface area contributed by atoms with Gasteiger partial charge >= 0.3 is 0 Å². The van der Waals surface area contributed by atoms with E-state index in [4.69, 9.17) is 5.26 Å². The normalized spacial score (nSPS) is 16.2. The number of piperidine rings is 1. The lowest BCUT2D eigenvalue weighted by atomic mass is 9.95. The number of rotatable bonds is 6. The molecule has 0 aliphatic carbocycles. The number of likely N-dealkylation sites (tertiary alicyclic amines) is 1. The molecule has 1 fully saturated rings. The summed E-state index contributed by atoms with van der Waals surface area (Å²) in [5, 5.41) is 9.02. The van der Waals surface area contributed by atoms with Crippen LogP contribution in [0, 0.1) is 11.3 Å². The van der Waals surface area contributed by atoms with Gasteiger partial charge in [-0.3, -0.25) is 4.90 Å². The van der Waals surface area contributed by atoms with Crippen molar-refractivity contribution >= 4 is 0 Å². The van der Waals surface area contributed by atoms with Gasteiger partial charge in [0.05, 0.1) is 11.6 Å². The molecule has 4 nitrogen and oxygen atoms in total. The van der Waals surface area contributed by atoms with E-state index in [1.807, 2.05) is 24.4 Å². The molecule has 4 heteroatoms. The zero-order valence-corrected chi connectivity index (χ0v) is 14.5. The van der Waals surface area contributed by atoms with Crippen LogP contribution in [0.5, 0.6) is 0 Å². The second-order valence-corrected chi connectivity index (χ2v) is 6.69. The number of nitrogens with zero attached hydrogens (tertiary/aromatic N) is 4. The van der Waals surface area contributed by atoms with Crippen molar-refractivity contribution in [1.82, 2.24) is 14.5 Å². The largest absolute Gasteiger partial charge is 0.335 e. The molecule has 0 atom stereocenters. The highest BCUT2D eigenvalue weighted by Crippen LogP contribution is 2.28. The quantitative estimate of drug-likeness (QED) is 0.809. The molecule has 1 saturated heterocycles. The molecule has 2 heterocycles. The molecule has 0 spiro atoms. The van der Waals surface area contributed by atoms with Crippen molar-refractivity contribution in [2.75, 3.05) is 13.1 Å². The van der Waals surface area contributed by atoms with Gasteiger partial charge in [0.2, 0.25) is 0 Å². The van der Waals surface area contributed by atoms with Crippen LogP contribution >= 0.6 is 0 Å². The Kier molecular flexibility index (Phi) is 5.66. The van der Waals surface area contributed by atoms with Gasteiger partial charge in [0.15, 0.2) is 0 Å². The fraction of sp³-hybridized carbons (Fsp3) is 0.500. The van der Waals surface area contributed by atoms with Crippen LogP contribution in [0.3, 0.4) is 0 Å². The maximum absolute atomic E-state index is 9.02. The Balaban J connectivity index is 1.56. The molecule has 0 bridgehead atoms. The second-order valence-electron chi connectivity index (χ2n) is 6.69. The van der Waals surface area contributed by atoms with Gasteiger partial charge in [-0.05, 0) is 50.0 Å². The van der Waals surface area contributed by atoms with Gasteiger partial charge in [0, 0.05) is 31.4 Å². The first-order valence-electron chi connectivity index (χ1n) is 9.02. The average Bonchev–Trinajstić information content (AvgIpc) is 3.09. The number of aromatic nitrogens is 2. The van der Waals surface area contributed by atoms with Gasteiger partial charge in [-0.25, -0.2) is 4.98 Å². The van der Waals surface area contributed by atoms with E-state index in [1.165, 1.54) is 37.1 Å². The number of aryl methyl sites for hydroxylation is 1. The summed E-state index contributed by atoms with van der Waals surface area (Å²) in [5.41, 5.74) is 1.98. The minimum absolute atomic E-state index is 0.582. The van der Waals surface area contributed by atoms with Gasteiger partial charge in [-0.2, -0.15) is 5.26 Å². The molecule has 0 N–H and O–H groups in total. The maximum atomic E-state index is 9.02. The molecule has 24 heavy (non-hydrogen) atoms. The Morgan fingerprint density at radius 2 is 2.12 bits per heavy atom. The molecule has 3 rings (SSSR count). The summed E-state index contributed by atoms with van der Waals surface area (Å²) >= 11 is 0. The highest BCUT2D eigenvalue weighted by atomic mass is 15.1. The molecule has 1 aliphatic heterocycles. The van der Waals surface area contributed by atoms with Crippen LogP contribution in [0.15, 0.2) is 36.7 Å². The summed E-state index contributed by atoms with van der Waals surface area (Å²) in [6.07, 6.45) is 8.85. The number of unbranched alkanes of at least 4 members (excludes halogenated alkanes) is 1. The molecular formula is C20H26N4. The molecule has 1 aromatic heterocycles. The monoisotopic (exact) mass is 322 g/mol. The summed E-state index contributed by atoms with van der Waals surface area (Å²) in [4.78, 5) is 7.13. The van der Waals surface area contributed by atoms with E-state index in [9.17, 15) is 0 Å². The Hall–Kier alpha value is -2.12. The van der Waals surface area contributed by atoms with Crippen LogP contribution in [0.1, 0.15) is 55.5 Å². The minimum atomic E-state index is 0.582. The van der Waals surface area contributed by atoms with E-state index >= 15 is 0 Å². The summed E-state index contributed by atoms with van der Waals surface area (Å²) in [6, 6.07) is 10.2. The lowest BCUT2D eigenvalue weighted by Crippen LogP contribution is -2.33. The molecule has 0 amide bonds. The van der Waals surface area contributed by atoms with Crippen LogP contribution in [-0.4, -0.2) is 27.5 Å². The van der Waals surface area contributed by atoms with E-state index in [0.29, 0.717) is 5.92 Å². The second kappa shape index (κ2) is 8.12. The molecule has 0 unspecified atom stereocenters. The van der Waals surface area contributed by atoms with E-state index < -0.39 is 0 Å². The molecule has 2 aromatic rings. The van der Waals surface area contributed by atoms with Gasteiger partial charge in [-0.1, -0.05) is 25.5 Å². The van der Waals surface area contributed by atoms with Crippen molar-refractivity contribution < 1.29 is 0 Å². The average molecular weight is 322 g/mol. The van der Waals surface area contributed by atoms with Crippen LogP contribution in [-0.2, 0) is 13.1 Å². The fourth-order valence-electron chi connectivity index (χ4n) is 3.54. The van der Waals surface area contributed by atoms with E-state index in [-0.39, 0.29) is 0 Å². The summed E-state index contributed by atoms with van der Waals surface area (Å²) < 4.78 is 2.35. The topological polar surface area (TPSA) is 44.9 Å². The standard InChI is InChI=1S/C20H26N4/c1-2-3-10-24-13-9-22-20(24)19-7-11-23(12-8-19)16-18-6-4-5-17(14-18)15-21/h4-6,9,13-14,19H,2-3,7-8,10-12,16H2,1H3. The fourth-order valence-corrected chi connectivity index (χ4v) is 3.54. The van der Waals surface area contributed by atoms with Crippen molar-refractivity contribution in [2.24, 2.45) is 0 Å². The third kappa shape index (κ3) is 4.04. The molecule has 126 valence electrons. The number of imidazole rings is 1. The lowest BCUT2D eigenvalue weighted by Gasteiger charge is -2.32. The zero-order valence-electron chi connectivity index (χ0n) is 14.5. The van der Waals surface area contributed by atoms with Crippen LogP contribution < -0.4 is 0 Å². The number of hydrogen-bond acceptors (Lipinski definition) is 3. The number of benzene rings is 1. The smallest absolute Gasteiger partial charge is 0.111 e. The summed E-state index contributed by atoms with van der Waals surface area (Å²) in [7, 11) is 0. The Morgan fingerprint density at radius 3 is 2.88 bits per heavy atom. The molecule has 0 saturated carbocycles. The summed E-state index contributed by atoms with van der Waals surface area (Å²) in [6.45, 7) is 6.46. The van der Waals surface area contributed by atoms with Crippen LogP contribution in [0.2, 0.25) is 0 Å². The number of nitriles is 1. The van der Waals surface area contributed by atoms with Gasteiger partial charge < -0.3 is 4.57 Å². The molecular weight excluding hydrogens is 296 g/mol. The van der Waals surface area contributed by atoms with Crippen molar-refractivity contribution in [3.05, 3.63) is 53.6 Å². The minimum Gasteiger partial charge on any atom is -0.335 e. The SMILES string of the molecule is CCCCn1ccnc1C1CCN(Cc2cccc(C#N)c2)CC1. The third-order valence-electron chi connectivity index (χ3n) is 4.92. The Labute approximate surface area is 144 Å². The van der Waals surface area contributed by atoms with Crippen LogP contribution in [0.4, 0.5) is 0 Å². The van der Waals surface area contributed by atoms with Gasteiger partial charge in [0.1, 0.15) is 5.82 Å². The van der Waals surface area contributed by atoms with Crippen LogP contribution in [0.25, 0.3) is 0 Å². The summed E-state index contributed by atoms with van der Waals surface area (Å²) in [5.74, 6) is 1.85. The van der Waals surface area contributed by atoms with Crippen molar-refractivity contribution in [3.8, 4) is 6.07 Å². The van der Waals surface area contributed by atoms with Gasteiger partial charge in [-0.15, -0.1) is 0 Å². The molecule has 1 aliphatic rings. The Bertz CT molecular complexity index is 690. The van der Waals surface area contributed by atoms with E-state index in [2.05, 4.69) is 39.7 Å². The maximum Gasteiger partial charge on any atom is 0.111 e. The van der Waals surface area contributed by atoms with E-state index in [0.717, 1.165) is 31.7 Å². The van der Waals surface area contributed by atoms with Crippen molar-refractivity contribution in [2.45, 2.75) is 51.6 Å².